The summed E-state index contributed by atoms with van der Waals surface area (Å²) in [5, 5.41) is 3.27. The summed E-state index contributed by atoms with van der Waals surface area (Å²) >= 11 is 0. The van der Waals surface area contributed by atoms with E-state index in [4.69, 9.17) is 0 Å². The molecule has 2 unspecified atom stereocenters. The van der Waals surface area contributed by atoms with Gasteiger partial charge in [0.2, 0.25) is 0 Å². The summed E-state index contributed by atoms with van der Waals surface area (Å²) in [7, 11) is 2.03. The minimum Gasteiger partial charge on any atom is -0.317 e. The van der Waals surface area contributed by atoms with E-state index in [0.717, 1.165) is 5.92 Å². The zero-order valence-electron chi connectivity index (χ0n) is 7.85. The molecule has 1 N–H and O–H groups in total. The molecule has 0 bridgehead atoms. The van der Waals surface area contributed by atoms with Crippen molar-refractivity contribution in [3.8, 4) is 0 Å². The molecular weight excluding hydrogens is 134 g/mol. The van der Waals surface area contributed by atoms with Gasteiger partial charge in [0.15, 0.2) is 0 Å². The van der Waals surface area contributed by atoms with Crippen LogP contribution in [0.4, 0.5) is 0 Å². The van der Waals surface area contributed by atoms with Gasteiger partial charge in [-0.2, -0.15) is 0 Å². The average Bonchev–Trinajstić information content (AvgIpc) is 1.98. The van der Waals surface area contributed by atoms with Crippen LogP contribution in [0.5, 0.6) is 0 Å². The summed E-state index contributed by atoms with van der Waals surface area (Å²) in [5.41, 5.74) is 1.68. The maximum atomic E-state index is 3.27. The smallest absolute Gasteiger partial charge is 0.00730 e. The van der Waals surface area contributed by atoms with Gasteiger partial charge in [0.1, 0.15) is 0 Å². The van der Waals surface area contributed by atoms with Crippen LogP contribution in [0.15, 0.2) is 11.6 Å². The average molecular weight is 153 g/mol. The Labute approximate surface area is 69.9 Å². The monoisotopic (exact) mass is 153 g/mol. The highest BCUT2D eigenvalue weighted by atomic mass is 14.8. The van der Waals surface area contributed by atoms with Crippen LogP contribution in [0, 0.1) is 5.92 Å². The molecule has 0 spiro atoms. The maximum absolute atomic E-state index is 3.27. The van der Waals surface area contributed by atoms with Crippen LogP contribution in [0.1, 0.15) is 33.1 Å². The molecule has 2 atom stereocenters. The summed E-state index contributed by atoms with van der Waals surface area (Å²) in [5.74, 6) is 0.908. The molecular formula is C10H19N. The largest absolute Gasteiger partial charge is 0.317 e. The SMILES string of the molecule is CCC1CC=C1CC(C)NC. The van der Waals surface area contributed by atoms with Crippen LogP contribution in [-0.2, 0) is 0 Å². The Balaban J connectivity index is 2.27. The Morgan fingerprint density at radius 2 is 2.45 bits per heavy atom. The Bertz CT molecular complexity index is 149. The van der Waals surface area contributed by atoms with Gasteiger partial charge < -0.3 is 5.32 Å². The first-order chi connectivity index (χ1) is 5.27. The van der Waals surface area contributed by atoms with Crippen LogP contribution >= 0.6 is 0 Å². The molecule has 1 aliphatic carbocycles. The van der Waals surface area contributed by atoms with Crippen LogP contribution in [-0.4, -0.2) is 13.1 Å². The van der Waals surface area contributed by atoms with Crippen molar-refractivity contribution in [3.63, 3.8) is 0 Å². The number of nitrogens with one attached hydrogen (secondary N) is 1. The van der Waals surface area contributed by atoms with Crippen LogP contribution < -0.4 is 5.32 Å². The summed E-state index contributed by atoms with van der Waals surface area (Å²) in [6.45, 7) is 4.52. The summed E-state index contributed by atoms with van der Waals surface area (Å²) < 4.78 is 0. The molecule has 0 aromatic carbocycles. The van der Waals surface area contributed by atoms with Gasteiger partial charge in [-0.3, -0.25) is 0 Å². The van der Waals surface area contributed by atoms with Gasteiger partial charge in [-0.25, -0.2) is 0 Å². The molecule has 1 heteroatoms. The lowest BCUT2D eigenvalue weighted by molar-refractivity contribution is 0.480. The van der Waals surface area contributed by atoms with E-state index in [1.54, 1.807) is 5.57 Å². The van der Waals surface area contributed by atoms with E-state index >= 15 is 0 Å². The van der Waals surface area contributed by atoms with E-state index in [-0.39, 0.29) is 0 Å². The van der Waals surface area contributed by atoms with E-state index in [0.29, 0.717) is 6.04 Å². The Morgan fingerprint density at radius 3 is 2.82 bits per heavy atom. The topological polar surface area (TPSA) is 12.0 Å². The molecule has 1 rings (SSSR count). The predicted molar refractivity (Wildman–Crippen MR) is 49.6 cm³/mol. The molecule has 0 radical (unpaired) electrons. The van der Waals surface area contributed by atoms with Gasteiger partial charge in [0.05, 0.1) is 0 Å². The molecule has 0 fully saturated rings. The lowest BCUT2D eigenvalue weighted by atomic mass is 9.80. The summed E-state index contributed by atoms with van der Waals surface area (Å²) in [4.78, 5) is 0. The molecule has 1 aliphatic rings. The predicted octanol–water partition coefficient (Wildman–Crippen LogP) is 2.34. The fourth-order valence-corrected chi connectivity index (χ4v) is 1.59. The van der Waals surface area contributed by atoms with Crippen molar-refractivity contribution >= 4 is 0 Å². The van der Waals surface area contributed by atoms with Gasteiger partial charge in [0, 0.05) is 6.04 Å². The van der Waals surface area contributed by atoms with Crippen molar-refractivity contribution in [2.24, 2.45) is 5.92 Å². The van der Waals surface area contributed by atoms with Crippen molar-refractivity contribution in [2.45, 2.75) is 39.2 Å². The van der Waals surface area contributed by atoms with Crippen molar-refractivity contribution in [1.29, 1.82) is 0 Å². The Morgan fingerprint density at radius 1 is 1.73 bits per heavy atom. The molecule has 0 aliphatic heterocycles. The quantitative estimate of drug-likeness (QED) is 0.611. The highest BCUT2D eigenvalue weighted by molar-refractivity contribution is 5.18. The van der Waals surface area contributed by atoms with Crippen molar-refractivity contribution < 1.29 is 0 Å². The highest BCUT2D eigenvalue weighted by Crippen LogP contribution is 2.32. The van der Waals surface area contributed by atoms with E-state index < -0.39 is 0 Å². The van der Waals surface area contributed by atoms with Crippen LogP contribution in [0.3, 0.4) is 0 Å². The first-order valence-electron chi connectivity index (χ1n) is 4.64. The first-order valence-corrected chi connectivity index (χ1v) is 4.64. The second kappa shape index (κ2) is 3.91. The Kier molecular flexibility index (Phi) is 3.13. The van der Waals surface area contributed by atoms with E-state index in [1.807, 2.05) is 7.05 Å². The molecule has 0 heterocycles. The lowest BCUT2D eigenvalue weighted by Gasteiger charge is -2.28. The lowest BCUT2D eigenvalue weighted by Crippen LogP contribution is -2.25. The molecule has 0 saturated heterocycles. The third-order valence-electron chi connectivity index (χ3n) is 2.72. The molecule has 0 aromatic heterocycles. The zero-order chi connectivity index (χ0) is 8.27. The minimum absolute atomic E-state index is 0.649. The van der Waals surface area contributed by atoms with Crippen LogP contribution in [0.2, 0.25) is 0 Å². The van der Waals surface area contributed by atoms with Crippen molar-refractivity contribution in [3.05, 3.63) is 11.6 Å². The third-order valence-corrected chi connectivity index (χ3v) is 2.72. The van der Waals surface area contributed by atoms with E-state index in [2.05, 4.69) is 25.2 Å². The molecule has 0 amide bonds. The number of allylic oxidation sites excluding steroid dienone is 1. The first kappa shape index (κ1) is 8.79. The summed E-state index contributed by atoms with van der Waals surface area (Å²) in [6, 6.07) is 0.649. The second-order valence-corrected chi connectivity index (χ2v) is 3.51. The standard InChI is InChI=1S/C10H19N/c1-4-9-5-6-10(9)7-8(2)11-3/h6,8-9,11H,4-5,7H2,1-3H3. The fourth-order valence-electron chi connectivity index (χ4n) is 1.59. The fraction of sp³-hybridized carbons (Fsp3) is 0.800. The molecule has 11 heavy (non-hydrogen) atoms. The minimum atomic E-state index is 0.649. The van der Waals surface area contributed by atoms with Gasteiger partial charge in [-0.15, -0.1) is 0 Å². The van der Waals surface area contributed by atoms with Gasteiger partial charge >= 0.3 is 0 Å². The maximum Gasteiger partial charge on any atom is 0.00730 e. The number of hydrogen-bond acceptors (Lipinski definition) is 1. The normalized spacial score (nSPS) is 25.7. The number of hydrogen-bond donors (Lipinski definition) is 1. The van der Waals surface area contributed by atoms with Crippen LogP contribution in [0.25, 0.3) is 0 Å². The van der Waals surface area contributed by atoms with Gasteiger partial charge in [-0.05, 0) is 39.2 Å². The second-order valence-electron chi connectivity index (χ2n) is 3.51. The third kappa shape index (κ3) is 2.06. The van der Waals surface area contributed by atoms with Gasteiger partial charge in [-0.1, -0.05) is 18.6 Å². The van der Waals surface area contributed by atoms with Gasteiger partial charge in [0.25, 0.3) is 0 Å². The highest BCUT2D eigenvalue weighted by Gasteiger charge is 2.19. The molecule has 64 valence electrons. The van der Waals surface area contributed by atoms with Crippen molar-refractivity contribution in [2.75, 3.05) is 7.05 Å². The van der Waals surface area contributed by atoms with Crippen molar-refractivity contribution in [1.82, 2.24) is 5.32 Å². The summed E-state index contributed by atoms with van der Waals surface area (Å²) in [6.07, 6.45) is 6.28. The Hall–Kier alpha value is -0.300. The molecule has 0 saturated carbocycles. The van der Waals surface area contributed by atoms with E-state index in [1.165, 1.54) is 19.3 Å². The number of rotatable bonds is 4. The molecule has 1 nitrogen and oxygen atoms in total. The zero-order valence-corrected chi connectivity index (χ0v) is 7.85. The molecule has 0 aromatic rings. The van der Waals surface area contributed by atoms with E-state index in [9.17, 15) is 0 Å².